The largest absolute Gasteiger partial charge is 0.496 e. The molecule has 0 radical (unpaired) electrons. The Morgan fingerprint density at radius 3 is 2.79 bits per heavy atom. The van der Waals surface area contributed by atoms with Crippen molar-refractivity contribution in [3.63, 3.8) is 0 Å². The standard InChI is InChI=1S/C19H25NO4/c1-22-19-7-3-2-5-15(19)11-20(16-8-9-16)12-17(21)13-23-14-18-6-4-10-24-18/h2-7,10,16-17,21H,8-9,11-14H2,1H3/t17-/m1/s1. The second-order valence-electron chi connectivity index (χ2n) is 6.22. The summed E-state index contributed by atoms with van der Waals surface area (Å²) in [6, 6.07) is 12.3. The highest BCUT2D eigenvalue weighted by Crippen LogP contribution is 2.30. The Morgan fingerprint density at radius 1 is 1.25 bits per heavy atom. The Labute approximate surface area is 142 Å². The van der Waals surface area contributed by atoms with Crippen molar-refractivity contribution in [3.05, 3.63) is 54.0 Å². The van der Waals surface area contributed by atoms with Crippen molar-refractivity contribution in [2.45, 2.75) is 38.1 Å². The zero-order valence-corrected chi connectivity index (χ0v) is 14.1. The molecule has 5 heteroatoms. The Morgan fingerprint density at radius 2 is 2.08 bits per heavy atom. The molecule has 24 heavy (non-hydrogen) atoms. The van der Waals surface area contributed by atoms with Crippen LogP contribution in [0.5, 0.6) is 5.75 Å². The van der Waals surface area contributed by atoms with E-state index in [1.54, 1.807) is 13.4 Å². The predicted molar refractivity (Wildman–Crippen MR) is 90.8 cm³/mol. The van der Waals surface area contributed by atoms with Gasteiger partial charge in [-0.15, -0.1) is 0 Å². The lowest BCUT2D eigenvalue weighted by atomic mass is 10.1. The molecule has 0 bridgehead atoms. The average molecular weight is 331 g/mol. The molecule has 1 aromatic heterocycles. The summed E-state index contributed by atoms with van der Waals surface area (Å²) in [5, 5.41) is 10.3. The highest BCUT2D eigenvalue weighted by Gasteiger charge is 2.30. The predicted octanol–water partition coefficient (Wildman–Crippen LogP) is 2.83. The van der Waals surface area contributed by atoms with E-state index in [-0.39, 0.29) is 0 Å². The van der Waals surface area contributed by atoms with Gasteiger partial charge >= 0.3 is 0 Å². The van der Waals surface area contributed by atoms with Gasteiger partial charge in [0.05, 0.1) is 26.1 Å². The number of aliphatic hydroxyl groups is 1. The molecule has 0 spiro atoms. The van der Waals surface area contributed by atoms with Crippen molar-refractivity contribution in [2.75, 3.05) is 20.3 Å². The second kappa shape index (κ2) is 8.33. The third kappa shape index (κ3) is 4.84. The molecular formula is C19H25NO4. The fourth-order valence-electron chi connectivity index (χ4n) is 2.85. The van der Waals surface area contributed by atoms with E-state index in [0.717, 1.165) is 23.6 Å². The van der Waals surface area contributed by atoms with Crippen LogP contribution in [0.15, 0.2) is 47.1 Å². The Hall–Kier alpha value is -1.82. The van der Waals surface area contributed by atoms with Crippen LogP contribution in [0.25, 0.3) is 0 Å². The summed E-state index contributed by atoms with van der Waals surface area (Å²) in [6.07, 6.45) is 3.48. The van der Waals surface area contributed by atoms with Crippen LogP contribution in [0.3, 0.4) is 0 Å². The van der Waals surface area contributed by atoms with Crippen LogP contribution < -0.4 is 4.74 Å². The maximum absolute atomic E-state index is 10.3. The average Bonchev–Trinajstić information content (AvgIpc) is 3.32. The van der Waals surface area contributed by atoms with Gasteiger partial charge in [-0.05, 0) is 31.0 Å². The lowest BCUT2D eigenvalue weighted by molar-refractivity contribution is 0.00237. The minimum atomic E-state index is -0.518. The first-order valence-electron chi connectivity index (χ1n) is 8.40. The molecule has 1 aliphatic carbocycles. The molecule has 130 valence electrons. The zero-order chi connectivity index (χ0) is 16.8. The van der Waals surface area contributed by atoms with Crippen LogP contribution in [-0.2, 0) is 17.9 Å². The zero-order valence-electron chi connectivity index (χ0n) is 14.1. The van der Waals surface area contributed by atoms with Gasteiger partial charge in [-0.3, -0.25) is 4.90 Å². The smallest absolute Gasteiger partial charge is 0.129 e. The van der Waals surface area contributed by atoms with Crippen LogP contribution in [0, 0.1) is 0 Å². The van der Waals surface area contributed by atoms with Gasteiger partial charge in [-0.25, -0.2) is 0 Å². The van der Waals surface area contributed by atoms with E-state index in [1.807, 2.05) is 30.3 Å². The number of aliphatic hydroxyl groups excluding tert-OH is 1. The van der Waals surface area contributed by atoms with Crippen molar-refractivity contribution in [2.24, 2.45) is 0 Å². The number of furan rings is 1. The van der Waals surface area contributed by atoms with Gasteiger partial charge in [-0.2, -0.15) is 0 Å². The molecule has 1 aromatic carbocycles. The van der Waals surface area contributed by atoms with E-state index >= 15 is 0 Å². The first kappa shape index (κ1) is 17.0. The van der Waals surface area contributed by atoms with Gasteiger partial charge in [0, 0.05) is 24.7 Å². The number of hydrogen-bond donors (Lipinski definition) is 1. The summed E-state index contributed by atoms with van der Waals surface area (Å²) >= 11 is 0. The van der Waals surface area contributed by atoms with E-state index in [0.29, 0.717) is 25.8 Å². The van der Waals surface area contributed by atoms with Crippen LogP contribution >= 0.6 is 0 Å². The fraction of sp³-hybridized carbons (Fsp3) is 0.474. The van der Waals surface area contributed by atoms with Crippen molar-refractivity contribution >= 4 is 0 Å². The van der Waals surface area contributed by atoms with Gasteiger partial charge in [0.25, 0.3) is 0 Å². The summed E-state index contributed by atoms with van der Waals surface area (Å²) in [7, 11) is 1.69. The SMILES string of the molecule is COc1ccccc1CN(C[C@@H](O)COCc1ccco1)C1CC1. The highest BCUT2D eigenvalue weighted by molar-refractivity contribution is 5.33. The number of hydrogen-bond acceptors (Lipinski definition) is 5. The van der Waals surface area contributed by atoms with E-state index in [1.165, 1.54) is 12.8 Å². The van der Waals surface area contributed by atoms with E-state index in [9.17, 15) is 5.11 Å². The van der Waals surface area contributed by atoms with Crippen molar-refractivity contribution in [1.29, 1.82) is 0 Å². The number of nitrogens with zero attached hydrogens (tertiary/aromatic N) is 1. The minimum absolute atomic E-state index is 0.301. The molecule has 1 N–H and O–H groups in total. The Kier molecular flexibility index (Phi) is 5.91. The minimum Gasteiger partial charge on any atom is -0.496 e. The molecule has 0 amide bonds. The fourth-order valence-corrected chi connectivity index (χ4v) is 2.85. The van der Waals surface area contributed by atoms with Crippen LogP contribution in [0.1, 0.15) is 24.2 Å². The number of methoxy groups -OCH3 is 1. The molecular weight excluding hydrogens is 306 g/mol. The number of rotatable bonds is 10. The molecule has 0 saturated heterocycles. The van der Waals surface area contributed by atoms with E-state index in [4.69, 9.17) is 13.9 Å². The maximum atomic E-state index is 10.3. The molecule has 1 fully saturated rings. The van der Waals surface area contributed by atoms with Gasteiger partial charge in [0.15, 0.2) is 0 Å². The first-order chi connectivity index (χ1) is 11.8. The Balaban J connectivity index is 1.50. The third-order valence-electron chi connectivity index (χ3n) is 4.21. The molecule has 1 aliphatic rings. The topological polar surface area (TPSA) is 55.1 Å². The summed E-state index contributed by atoms with van der Waals surface area (Å²) in [5.74, 6) is 1.67. The molecule has 1 heterocycles. The Bertz CT molecular complexity index is 610. The molecule has 5 nitrogen and oxygen atoms in total. The molecule has 0 unspecified atom stereocenters. The van der Waals surface area contributed by atoms with Crippen molar-refractivity contribution in [3.8, 4) is 5.75 Å². The van der Waals surface area contributed by atoms with E-state index < -0.39 is 6.10 Å². The summed E-state index contributed by atoms with van der Waals surface area (Å²) < 4.78 is 16.2. The first-order valence-corrected chi connectivity index (χ1v) is 8.40. The van der Waals surface area contributed by atoms with Gasteiger partial charge in [-0.1, -0.05) is 18.2 Å². The molecule has 3 rings (SSSR count). The van der Waals surface area contributed by atoms with Crippen LogP contribution in [0.4, 0.5) is 0 Å². The number of benzene rings is 1. The highest BCUT2D eigenvalue weighted by atomic mass is 16.5. The van der Waals surface area contributed by atoms with Crippen molar-refractivity contribution < 1.29 is 19.0 Å². The summed E-state index contributed by atoms with van der Waals surface area (Å²) in [6.45, 7) is 2.07. The molecule has 0 aliphatic heterocycles. The molecule has 2 aromatic rings. The van der Waals surface area contributed by atoms with E-state index in [2.05, 4.69) is 11.0 Å². The van der Waals surface area contributed by atoms with Crippen molar-refractivity contribution in [1.82, 2.24) is 4.90 Å². The number of para-hydroxylation sites is 1. The van der Waals surface area contributed by atoms with Gasteiger partial charge in [0.1, 0.15) is 18.1 Å². The third-order valence-corrected chi connectivity index (χ3v) is 4.21. The maximum Gasteiger partial charge on any atom is 0.129 e. The molecule has 1 saturated carbocycles. The van der Waals surface area contributed by atoms with Crippen LogP contribution in [0.2, 0.25) is 0 Å². The lowest BCUT2D eigenvalue weighted by Gasteiger charge is -2.25. The monoisotopic (exact) mass is 331 g/mol. The van der Waals surface area contributed by atoms with Crippen LogP contribution in [-0.4, -0.2) is 42.4 Å². The normalized spacial score (nSPS) is 15.6. The van der Waals surface area contributed by atoms with Gasteiger partial charge in [0.2, 0.25) is 0 Å². The van der Waals surface area contributed by atoms with Gasteiger partial charge < -0.3 is 19.0 Å². The second-order valence-corrected chi connectivity index (χ2v) is 6.22. The summed E-state index contributed by atoms with van der Waals surface area (Å²) in [5.41, 5.74) is 1.15. The molecule has 1 atom stereocenters. The lowest BCUT2D eigenvalue weighted by Crippen LogP contribution is -2.36. The number of ether oxygens (including phenoxy) is 2. The summed E-state index contributed by atoms with van der Waals surface area (Å²) in [4.78, 5) is 2.32. The quantitative estimate of drug-likeness (QED) is 0.725.